The second kappa shape index (κ2) is 6.69. The van der Waals surface area contributed by atoms with Crippen molar-refractivity contribution >= 4 is 5.82 Å². The van der Waals surface area contributed by atoms with E-state index in [2.05, 4.69) is 49.8 Å². The molecular formula is C14H26N4. The maximum absolute atomic E-state index is 5.94. The highest BCUT2D eigenvalue weighted by Gasteiger charge is 2.18. The first kappa shape index (κ1) is 14.9. The summed E-state index contributed by atoms with van der Waals surface area (Å²) in [6, 6.07) is 0.446. The van der Waals surface area contributed by atoms with Crippen LogP contribution in [0.2, 0.25) is 0 Å². The van der Waals surface area contributed by atoms with Gasteiger partial charge >= 0.3 is 0 Å². The van der Waals surface area contributed by atoms with Gasteiger partial charge in [0.15, 0.2) is 5.82 Å². The van der Waals surface area contributed by atoms with Crippen LogP contribution in [0.4, 0.5) is 5.82 Å². The molecule has 0 bridgehead atoms. The molecule has 0 aliphatic heterocycles. The van der Waals surface area contributed by atoms with E-state index < -0.39 is 0 Å². The van der Waals surface area contributed by atoms with Crippen LogP contribution in [-0.4, -0.2) is 23.3 Å². The van der Waals surface area contributed by atoms with Crippen LogP contribution in [0.1, 0.15) is 50.9 Å². The third kappa shape index (κ3) is 2.80. The Morgan fingerprint density at radius 1 is 1.11 bits per heavy atom. The number of hydrogen-bond donors (Lipinski definition) is 1. The summed E-state index contributed by atoms with van der Waals surface area (Å²) in [5.41, 5.74) is 9.46. The standard InChI is InChI=1S/C14H26N4/c1-6-10(4)18(5)14-12(9-15)11(7-2)13(8-3)16-17-14/h10H,6-9,15H2,1-5H3. The molecule has 0 radical (unpaired) electrons. The highest BCUT2D eigenvalue weighted by Crippen LogP contribution is 2.24. The van der Waals surface area contributed by atoms with Crippen molar-refractivity contribution in [3.8, 4) is 0 Å². The molecular weight excluding hydrogens is 224 g/mol. The number of aryl methyl sites for hydroxylation is 1. The van der Waals surface area contributed by atoms with Gasteiger partial charge in [0.05, 0.1) is 5.69 Å². The van der Waals surface area contributed by atoms with Crippen LogP contribution >= 0.6 is 0 Å². The van der Waals surface area contributed by atoms with Gasteiger partial charge in [-0.2, -0.15) is 5.10 Å². The Morgan fingerprint density at radius 3 is 2.22 bits per heavy atom. The smallest absolute Gasteiger partial charge is 0.156 e. The first-order valence-corrected chi connectivity index (χ1v) is 6.90. The Balaban J connectivity index is 3.28. The number of hydrogen-bond acceptors (Lipinski definition) is 4. The van der Waals surface area contributed by atoms with Gasteiger partial charge in [0.25, 0.3) is 0 Å². The molecule has 4 heteroatoms. The number of aromatic nitrogens is 2. The van der Waals surface area contributed by atoms with Crippen molar-refractivity contribution in [1.29, 1.82) is 0 Å². The third-order valence-electron chi connectivity index (χ3n) is 3.73. The quantitative estimate of drug-likeness (QED) is 0.841. The summed E-state index contributed by atoms with van der Waals surface area (Å²) >= 11 is 0. The minimum absolute atomic E-state index is 0.446. The predicted molar refractivity (Wildman–Crippen MR) is 76.8 cm³/mol. The van der Waals surface area contributed by atoms with E-state index in [1.807, 2.05) is 0 Å². The Bertz CT molecular complexity index is 390. The summed E-state index contributed by atoms with van der Waals surface area (Å²) in [6.07, 6.45) is 2.96. The zero-order valence-electron chi connectivity index (χ0n) is 12.3. The van der Waals surface area contributed by atoms with Gasteiger partial charge in [0.2, 0.25) is 0 Å². The molecule has 1 aromatic heterocycles. The molecule has 0 aliphatic carbocycles. The highest BCUT2D eigenvalue weighted by atomic mass is 15.3. The molecule has 0 aliphatic rings. The first-order valence-electron chi connectivity index (χ1n) is 6.90. The maximum Gasteiger partial charge on any atom is 0.156 e. The van der Waals surface area contributed by atoms with E-state index in [0.29, 0.717) is 12.6 Å². The first-order chi connectivity index (χ1) is 8.60. The molecule has 1 unspecified atom stereocenters. The van der Waals surface area contributed by atoms with Crippen LogP contribution in [0.3, 0.4) is 0 Å². The van der Waals surface area contributed by atoms with Crippen molar-refractivity contribution in [3.63, 3.8) is 0 Å². The summed E-state index contributed by atoms with van der Waals surface area (Å²) in [7, 11) is 2.07. The third-order valence-corrected chi connectivity index (χ3v) is 3.73. The van der Waals surface area contributed by atoms with E-state index in [-0.39, 0.29) is 0 Å². The zero-order valence-corrected chi connectivity index (χ0v) is 12.3. The van der Waals surface area contributed by atoms with Gasteiger partial charge < -0.3 is 10.6 Å². The molecule has 0 saturated carbocycles. The van der Waals surface area contributed by atoms with Gasteiger partial charge in [-0.3, -0.25) is 0 Å². The molecule has 0 amide bonds. The molecule has 4 nitrogen and oxygen atoms in total. The molecule has 1 heterocycles. The van der Waals surface area contributed by atoms with E-state index in [4.69, 9.17) is 5.73 Å². The fourth-order valence-electron chi connectivity index (χ4n) is 2.22. The monoisotopic (exact) mass is 250 g/mol. The minimum atomic E-state index is 0.446. The van der Waals surface area contributed by atoms with E-state index in [0.717, 1.165) is 36.3 Å². The van der Waals surface area contributed by atoms with Crippen LogP contribution < -0.4 is 10.6 Å². The van der Waals surface area contributed by atoms with Gasteiger partial charge in [-0.15, -0.1) is 5.10 Å². The average Bonchev–Trinajstić information content (AvgIpc) is 2.43. The zero-order chi connectivity index (χ0) is 13.7. The number of anilines is 1. The van der Waals surface area contributed by atoms with E-state index in [1.165, 1.54) is 5.56 Å². The number of nitrogens with zero attached hydrogens (tertiary/aromatic N) is 3. The molecule has 0 fully saturated rings. The van der Waals surface area contributed by atoms with Crippen LogP contribution in [-0.2, 0) is 19.4 Å². The van der Waals surface area contributed by atoms with Crippen molar-refractivity contribution < 1.29 is 0 Å². The average molecular weight is 250 g/mol. The summed E-state index contributed by atoms with van der Waals surface area (Å²) in [5.74, 6) is 0.945. The second-order valence-electron chi connectivity index (χ2n) is 4.71. The van der Waals surface area contributed by atoms with Gasteiger partial charge in [-0.1, -0.05) is 20.8 Å². The molecule has 1 aromatic rings. The van der Waals surface area contributed by atoms with Crippen LogP contribution in [0.25, 0.3) is 0 Å². The van der Waals surface area contributed by atoms with Gasteiger partial charge in [-0.25, -0.2) is 0 Å². The van der Waals surface area contributed by atoms with Gasteiger partial charge in [-0.05, 0) is 31.7 Å². The highest BCUT2D eigenvalue weighted by molar-refractivity contribution is 5.51. The Labute approximate surface area is 111 Å². The molecule has 1 atom stereocenters. The van der Waals surface area contributed by atoms with Crippen LogP contribution in [0.15, 0.2) is 0 Å². The minimum Gasteiger partial charge on any atom is -0.355 e. The summed E-state index contributed by atoms with van der Waals surface area (Å²) in [4.78, 5) is 2.19. The van der Waals surface area contributed by atoms with Gasteiger partial charge in [0, 0.05) is 25.2 Å². The largest absolute Gasteiger partial charge is 0.355 e. The van der Waals surface area contributed by atoms with Crippen molar-refractivity contribution in [2.24, 2.45) is 5.73 Å². The molecule has 18 heavy (non-hydrogen) atoms. The Kier molecular flexibility index (Phi) is 5.54. The molecule has 0 aromatic carbocycles. The maximum atomic E-state index is 5.94. The Hall–Kier alpha value is -1.16. The Morgan fingerprint density at radius 2 is 1.78 bits per heavy atom. The van der Waals surface area contributed by atoms with Crippen LogP contribution in [0, 0.1) is 0 Å². The summed E-state index contributed by atoms with van der Waals surface area (Å²) in [6.45, 7) is 9.17. The molecule has 0 saturated heterocycles. The number of rotatable bonds is 6. The lowest BCUT2D eigenvalue weighted by atomic mass is 10.0. The SMILES string of the molecule is CCc1nnc(N(C)C(C)CC)c(CN)c1CC. The van der Waals surface area contributed by atoms with E-state index >= 15 is 0 Å². The predicted octanol–water partition coefficient (Wildman–Crippen LogP) is 2.29. The fraction of sp³-hybridized carbons (Fsp3) is 0.714. The summed E-state index contributed by atoms with van der Waals surface area (Å²) in [5, 5.41) is 8.76. The van der Waals surface area contributed by atoms with Gasteiger partial charge in [0.1, 0.15) is 0 Å². The lowest BCUT2D eigenvalue weighted by Crippen LogP contribution is -2.31. The lowest BCUT2D eigenvalue weighted by Gasteiger charge is -2.27. The molecule has 1 rings (SSSR count). The van der Waals surface area contributed by atoms with Crippen LogP contribution in [0.5, 0.6) is 0 Å². The van der Waals surface area contributed by atoms with Crippen molar-refractivity contribution in [3.05, 3.63) is 16.8 Å². The summed E-state index contributed by atoms with van der Waals surface area (Å²) < 4.78 is 0. The second-order valence-corrected chi connectivity index (χ2v) is 4.71. The topological polar surface area (TPSA) is 55.0 Å². The van der Waals surface area contributed by atoms with Crippen molar-refractivity contribution in [2.45, 2.75) is 59.5 Å². The lowest BCUT2D eigenvalue weighted by molar-refractivity contribution is 0.644. The van der Waals surface area contributed by atoms with Crippen molar-refractivity contribution in [1.82, 2.24) is 10.2 Å². The normalized spacial score (nSPS) is 12.6. The number of nitrogens with two attached hydrogens (primary N) is 1. The molecule has 0 spiro atoms. The van der Waals surface area contributed by atoms with E-state index in [1.54, 1.807) is 0 Å². The van der Waals surface area contributed by atoms with Crippen molar-refractivity contribution in [2.75, 3.05) is 11.9 Å². The van der Waals surface area contributed by atoms with E-state index in [9.17, 15) is 0 Å². The molecule has 2 N–H and O–H groups in total. The molecule has 102 valence electrons. The fourth-order valence-corrected chi connectivity index (χ4v) is 2.22.